The number of amides is 4. The van der Waals surface area contributed by atoms with Gasteiger partial charge in [0.25, 0.3) is 5.91 Å². The van der Waals surface area contributed by atoms with Gasteiger partial charge in [-0.25, -0.2) is 23.5 Å². The number of benzene rings is 2. The summed E-state index contributed by atoms with van der Waals surface area (Å²) in [6.07, 6.45) is -5.36. The van der Waals surface area contributed by atoms with Crippen LogP contribution in [0.2, 0.25) is 0 Å². The molecule has 2 aromatic carbocycles. The standard InChI is InChI=1S/C26H17F5N4O3S/c1-25-13-20(36)35(21-17(27)11-16(12-18(21)28)8-7-15-5-3-2-4-6-15)24(38)34(25)10-9-33(22(25)37)23-32-19(14-39-23)26(29,30)31/h2-6,11-12,14H,9-10,13H2,1H3. The first kappa shape index (κ1) is 26.3. The van der Waals surface area contributed by atoms with Crippen LogP contribution in [0.3, 0.4) is 0 Å². The molecule has 0 bridgehead atoms. The molecule has 5 rings (SSSR count). The number of hydrogen-bond donors (Lipinski definition) is 0. The molecular formula is C26H17F5N4O3S. The van der Waals surface area contributed by atoms with Gasteiger partial charge in [0.15, 0.2) is 22.5 Å². The molecule has 200 valence electrons. The Bertz CT molecular complexity index is 1540. The smallest absolute Gasteiger partial charge is 0.307 e. The van der Waals surface area contributed by atoms with Crippen LogP contribution < -0.4 is 9.80 Å². The van der Waals surface area contributed by atoms with Gasteiger partial charge in [-0.2, -0.15) is 13.2 Å². The average molecular weight is 561 g/mol. The number of carbonyl (C=O) groups is 3. The summed E-state index contributed by atoms with van der Waals surface area (Å²) >= 11 is 0.596. The molecule has 1 unspecified atom stereocenters. The van der Waals surface area contributed by atoms with Crippen molar-refractivity contribution in [2.75, 3.05) is 22.9 Å². The predicted molar refractivity (Wildman–Crippen MR) is 131 cm³/mol. The summed E-state index contributed by atoms with van der Waals surface area (Å²) in [5, 5.41) is 0.523. The molecular weight excluding hydrogens is 543 g/mol. The van der Waals surface area contributed by atoms with Crippen LogP contribution in [0.25, 0.3) is 0 Å². The lowest BCUT2D eigenvalue weighted by atomic mass is 9.88. The van der Waals surface area contributed by atoms with E-state index >= 15 is 8.78 Å². The number of carbonyl (C=O) groups excluding carboxylic acids is 3. The van der Waals surface area contributed by atoms with E-state index in [1.807, 2.05) is 0 Å². The van der Waals surface area contributed by atoms with Crippen LogP contribution in [-0.2, 0) is 15.8 Å². The van der Waals surface area contributed by atoms with Crippen molar-refractivity contribution in [3.8, 4) is 11.8 Å². The number of halogens is 5. The molecule has 0 saturated carbocycles. The van der Waals surface area contributed by atoms with Crippen molar-refractivity contribution in [3.63, 3.8) is 0 Å². The molecule has 7 nitrogen and oxygen atoms in total. The first-order valence-corrected chi connectivity index (χ1v) is 12.3. The minimum atomic E-state index is -4.71. The third-order valence-electron chi connectivity index (χ3n) is 6.39. The van der Waals surface area contributed by atoms with E-state index in [9.17, 15) is 27.6 Å². The van der Waals surface area contributed by atoms with E-state index in [0.29, 0.717) is 21.8 Å². The minimum Gasteiger partial charge on any atom is -0.307 e. The molecule has 2 saturated heterocycles. The first-order valence-electron chi connectivity index (χ1n) is 11.5. The molecule has 2 aliphatic heterocycles. The molecule has 1 aromatic heterocycles. The van der Waals surface area contributed by atoms with E-state index < -0.39 is 59.0 Å². The van der Waals surface area contributed by atoms with Gasteiger partial charge in [-0.05, 0) is 31.2 Å². The van der Waals surface area contributed by atoms with Gasteiger partial charge in [0, 0.05) is 29.6 Å². The van der Waals surface area contributed by atoms with Crippen molar-refractivity contribution < 1.29 is 36.3 Å². The highest BCUT2D eigenvalue weighted by Gasteiger charge is 2.56. The van der Waals surface area contributed by atoms with Crippen molar-refractivity contribution in [1.82, 2.24) is 9.88 Å². The van der Waals surface area contributed by atoms with Gasteiger partial charge < -0.3 is 4.90 Å². The fourth-order valence-electron chi connectivity index (χ4n) is 4.47. The zero-order valence-corrected chi connectivity index (χ0v) is 20.9. The molecule has 0 spiro atoms. The SMILES string of the molecule is CC12CC(=O)N(c3c(F)cc(C#Cc4ccccc4)cc3F)C(=O)N1CCN(c1nc(C(F)(F)F)cs1)C2=O. The number of rotatable bonds is 2. The van der Waals surface area contributed by atoms with Crippen molar-refractivity contribution in [1.29, 1.82) is 0 Å². The van der Waals surface area contributed by atoms with Crippen LogP contribution in [0.5, 0.6) is 0 Å². The highest BCUT2D eigenvalue weighted by Crippen LogP contribution is 2.40. The van der Waals surface area contributed by atoms with Gasteiger partial charge in [0.05, 0.1) is 6.42 Å². The Morgan fingerprint density at radius 3 is 2.23 bits per heavy atom. The van der Waals surface area contributed by atoms with E-state index in [0.717, 1.165) is 27.3 Å². The van der Waals surface area contributed by atoms with E-state index in [1.165, 1.54) is 6.92 Å². The van der Waals surface area contributed by atoms with Crippen LogP contribution in [0.4, 0.5) is 37.6 Å². The molecule has 3 heterocycles. The number of alkyl halides is 3. The van der Waals surface area contributed by atoms with Gasteiger partial charge in [-0.1, -0.05) is 30.0 Å². The summed E-state index contributed by atoms with van der Waals surface area (Å²) < 4.78 is 69.2. The lowest BCUT2D eigenvalue weighted by Gasteiger charge is -2.50. The van der Waals surface area contributed by atoms with Crippen LogP contribution >= 0.6 is 11.3 Å². The molecule has 3 aromatic rings. The summed E-state index contributed by atoms with van der Waals surface area (Å²) in [5.74, 6) is 1.10. The Morgan fingerprint density at radius 1 is 0.974 bits per heavy atom. The second-order valence-corrected chi connectivity index (χ2v) is 9.82. The zero-order valence-electron chi connectivity index (χ0n) is 20.1. The minimum absolute atomic E-state index is 0.0233. The number of imide groups is 1. The lowest BCUT2D eigenvalue weighted by molar-refractivity contribution is -0.141. The third-order valence-corrected chi connectivity index (χ3v) is 7.26. The van der Waals surface area contributed by atoms with E-state index in [2.05, 4.69) is 16.8 Å². The summed E-state index contributed by atoms with van der Waals surface area (Å²) in [6, 6.07) is 9.36. The third kappa shape index (κ3) is 4.61. The number of anilines is 2. The normalized spacial score (nSPS) is 19.6. The second kappa shape index (κ2) is 9.46. The van der Waals surface area contributed by atoms with Crippen LogP contribution in [0.15, 0.2) is 47.8 Å². The number of urea groups is 1. The summed E-state index contributed by atoms with van der Waals surface area (Å²) in [6.45, 7) is 0.837. The predicted octanol–water partition coefficient (Wildman–Crippen LogP) is 4.80. The Balaban J connectivity index is 1.42. The van der Waals surface area contributed by atoms with Crippen LogP contribution in [0, 0.1) is 23.5 Å². The highest BCUT2D eigenvalue weighted by molar-refractivity contribution is 7.14. The maximum Gasteiger partial charge on any atom is 0.434 e. The zero-order chi connectivity index (χ0) is 28.1. The molecule has 4 amide bonds. The summed E-state index contributed by atoms with van der Waals surface area (Å²) in [5.41, 5.74) is -3.28. The molecule has 0 N–H and O–H groups in total. The van der Waals surface area contributed by atoms with Gasteiger partial charge in [-0.15, -0.1) is 11.3 Å². The molecule has 0 radical (unpaired) electrons. The number of thiazole rings is 1. The Kier molecular flexibility index (Phi) is 6.38. The molecule has 13 heteroatoms. The second-order valence-electron chi connectivity index (χ2n) is 8.99. The van der Waals surface area contributed by atoms with Crippen molar-refractivity contribution in [2.24, 2.45) is 0 Å². The van der Waals surface area contributed by atoms with Gasteiger partial charge in [0.2, 0.25) is 5.91 Å². The Hall–Kier alpha value is -4.31. The number of nitrogens with zero attached hydrogens (tertiary/aromatic N) is 4. The highest BCUT2D eigenvalue weighted by atomic mass is 32.1. The van der Waals surface area contributed by atoms with Gasteiger partial charge >= 0.3 is 12.2 Å². The van der Waals surface area contributed by atoms with Gasteiger partial charge in [-0.3, -0.25) is 14.5 Å². The Morgan fingerprint density at radius 2 is 1.62 bits per heavy atom. The van der Waals surface area contributed by atoms with E-state index in [-0.39, 0.29) is 23.8 Å². The largest absolute Gasteiger partial charge is 0.434 e. The van der Waals surface area contributed by atoms with E-state index in [4.69, 9.17) is 0 Å². The number of aromatic nitrogens is 1. The number of piperazine rings is 1. The summed E-state index contributed by atoms with van der Waals surface area (Å²) in [7, 11) is 0. The van der Waals surface area contributed by atoms with Crippen LogP contribution in [-0.4, -0.2) is 46.4 Å². The molecule has 2 aliphatic rings. The molecule has 39 heavy (non-hydrogen) atoms. The number of fused-ring (bicyclic) bond motifs is 1. The molecule has 0 aliphatic carbocycles. The van der Waals surface area contributed by atoms with Crippen molar-refractivity contribution in [2.45, 2.75) is 25.1 Å². The summed E-state index contributed by atoms with van der Waals surface area (Å²) in [4.78, 5) is 45.5. The average Bonchev–Trinajstić information content (AvgIpc) is 3.37. The first-order chi connectivity index (χ1) is 18.4. The monoisotopic (exact) mass is 560 g/mol. The van der Waals surface area contributed by atoms with Crippen molar-refractivity contribution in [3.05, 3.63) is 76.3 Å². The maximum absolute atomic E-state index is 15.1. The van der Waals surface area contributed by atoms with Crippen LogP contribution in [0.1, 0.15) is 30.2 Å². The van der Waals surface area contributed by atoms with E-state index in [1.54, 1.807) is 30.3 Å². The topological polar surface area (TPSA) is 73.8 Å². The lowest BCUT2D eigenvalue weighted by Crippen LogP contribution is -2.73. The maximum atomic E-state index is 15.1. The van der Waals surface area contributed by atoms with Gasteiger partial charge in [0.1, 0.15) is 11.2 Å². The fourth-order valence-corrected chi connectivity index (χ4v) is 5.33. The number of hydrogen-bond acceptors (Lipinski definition) is 5. The molecule has 2 fully saturated rings. The van der Waals surface area contributed by atoms with Crippen molar-refractivity contribution >= 4 is 40.0 Å². The molecule has 1 atom stereocenters. The quantitative estimate of drug-likeness (QED) is 0.333. The Labute approximate surface area is 222 Å². The fraction of sp³-hybridized carbons (Fsp3) is 0.231.